The summed E-state index contributed by atoms with van der Waals surface area (Å²) in [6.07, 6.45) is 5.32. The van der Waals surface area contributed by atoms with Gasteiger partial charge >= 0.3 is 0 Å². The van der Waals surface area contributed by atoms with E-state index in [0.29, 0.717) is 19.5 Å². The number of hydrogen-bond acceptors (Lipinski definition) is 6. The van der Waals surface area contributed by atoms with Crippen LogP contribution in [-0.4, -0.2) is 42.2 Å². The van der Waals surface area contributed by atoms with Crippen LogP contribution < -0.4 is 11.1 Å². The maximum Gasteiger partial charge on any atom is 0.222 e. The predicted octanol–water partition coefficient (Wildman–Crippen LogP) is 1.62. The number of carbonyl (C=O) groups is 1. The third-order valence-corrected chi connectivity index (χ3v) is 4.34. The van der Waals surface area contributed by atoms with Gasteiger partial charge in [-0.25, -0.2) is 4.98 Å². The van der Waals surface area contributed by atoms with E-state index in [9.17, 15) is 4.79 Å². The lowest BCUT2D eigenvalue weighted by atomic mass is 10.2. The Labute approximate surface area is 140 Å². The van der Waals surface area contributed by atoms with Gasteiger partial charge in [-0.05, 0) is 18.6 Å². The normalized spacial score (nSPS) is 12.1. The number of nitrogens with two attached hydrogens (primary N) is 1. The second-order valence-electron chi connectivity index (χ2n) is 5.11. The van der Waals surface area contributed by atoms with E-state index in [4.69, 9.17) is 10.5 Å². The Balaban J connectivity index is 1.71. The summed E-state index contributed by atoms with van der Waals surface area (Å²) >= 11 is 1.64. The molecular formula is C16H22N4O2S. The van der Waals surface area contributed by atoms with E-state index in [1.807, 2.05) is 17.5 Å². The van der Waals surface area contributed by atoms with E-state index in [-0.39, 0.29) is 12.0 Å². The molecule has 0 aromatic carbocycles. The first-order valence-corrected chi connectivity index (χ1v) is 8.45. The number of rotatable bonds is 9. The number of hydrogen-bond donors (Lipinski definition) is 2. The van der Waals surface area contributed by atoms with E-state index in [0.717, 1.165) is 29.1 Å². The lowest BCUT2D eigenvalue weighted by molar-refractivity contribution is -0.123. The number of aromatic nitrogens is 2. The molecule has 2 aromatic rings. The Morgan fingerprint density at radius 2 is 2.22 bits per heavy atom. The number of amides is 1. The first-order valence-electron chi connectivity index (χ1n) is 7.57. The van der Waals surface area contributed by atoms with Crippen molar-refractivity contribution in [2.24, 2.45) is 5.73 Å². The summed E-state index contributed by atoms with van der Waals surface area (Å²) < 4.78 is 5.09. The minimum atomic E-state index is -0.211. The third kappa shape index (κ3) is 5.70. The van der Waals surface area contributed by atoms with Gasteiger partial charge in [-0.3, -0.25) is 9.78 Å². The second kappa shape index (κ2) is 9.34. The Morgan fingerprint density at radius 1 is 1.43 bits per heavy atom. The van der Waals surface area contributed by atoms with Crippen LogP contribution in [0.2, 0.25) is 0 Å². The molecule has 0 bridgehead atoms. The molecule has 1 unspecified atom stereocenters. The van der Waals surface area contributed by atoms with Crippen LogP contribution in [0.4, 0.5) is 0 Å². The van der Waals surface area contributed by atoms with Crippen LogP contribution in [0, 0.1) is 0 Å². The lowest BCUT2D eigenvalue weighted by Gasteiger charge is -2.12. The molecule has 2 heterocycles. The molecule has 23 heavy (non-hydrogen) atoms. The minimum absolute atomic E-state index is 0.0288. The molecule has 2 rings (SSSR count). The van der Waals surface area contributed by atoms with Gasteiger partial charge in [0.25, 0.3) is 0 Å². The fraction of sp³-hybridized carbons (Fsp3) is 0.438. The van der Waals surface area contributed by atoms with E-state index >= 15 is 0 Å². The molecule has 124 valence electrons. The van der Waals surface area contributed by atoms with Gasteiger partial charge in [0.1, 0.15) is 0 Å². The number of nitrogens with one attached hydrogen (secondary N) is 1. The highest BCUT2D eigenvalue weighted by Crippen LogP contribution is 2.21. The summed E-state index contributed by atoms with van der Waals surface area (Å²) in [4.78, 5) is 20.3. The summed E-state index contributed by atoms with van der Waals surface area (Å²) in [5.41, 5.74) is 7.54. The van der Waals surface area contributed by atoms with Crippen molar-refractivity contribution < 1.29 is 9.53 Å². The number of pyridine rings is 1. The quantitative estimate of drug-likeness (QED) is 0.680. The third-order valence-electron chi connectivity index (χ3n) is 3.43. The topological polar surface area (TPSA) is 90.1 Å². The summed E-state index contributed by atoms with van der Waals surface area (Å²) in [6, 6.07) is 3.89. The van der Waals surface area contributed by atoms with Crippen molar-refractivity contribution in [2.45, 2.75) is 25.4 Å². The second-order valence-corrected chi connectivity index (χ2v) is 6.06. The van der Waals surface area contributed by atoms with Crippen molar-refractivity contribution in [3.63, 3.8) is 0 Å². The molecule has 1 amide bonds. The number of carbonyl (C=O) groups excluding carboxylic acids is 1. The highest BCUT2D eigenvalue weighted by Gasteiger charge is 2.11. The Morgan fingerprint density at radius 3 is 2.91 bits per heavy atom. The Hall–Kier alpha value is -1.83. The van der Waals surface area contributed by atoms with Crippen molar-refractivity contribution in [1.82, 2.24) is 15.3 Å². The zero-order chi connectivity index (χ0) is 16.5. The summed E-state index contributed by atoms with van der Waals surface area (Å²) in [5.74, 6) is -0.0288. The predicted molar refractivity (Wildman–Crippen MR) is 91.1 cm³/mol. The fourth-order valence-electron chi connectivity index (χ4n) is 2.09. The van der Waals surface area contributed by atoms with Gasteiger partial charge in [0.15, 0.2) is 0 Å². The van der Waals surface area contributed by atoms with E-state index in [1.54, 1.807) is 30.8 Å². The van der Waals surface area contributed by atoms with Gasteiger partial charge in [0.2, 0.25) is 5.91 Å². The average Bonchev–Trinajstić information content (AvgIpc) is 3.06. The van der Waals surface area contributed by atoms with Crippen molar-refractivity contribution in [1.29, 1.82) is 0 Å². The zero-order valence-corrected chi connectivity index (χ0v) is 14.0. The summed E-state index contributed by atoms with van der Waals surface area (Å²) in [5, 5.41) is 6.01. The van der Waals surface area contributed by atoms with Crippen LogP contribution >= 0.6 is 11.3 Å². The van der Waals surface area contributed by atoms with Crippen LogP contribution in [0.15, 0.2) is 29.9 Å². The van der Waals surface area contributed by atoms with Crippen LogP contribution in [0.1, 0.15) is 17.8 Å². The molecule has 0 radical (unpaired) electrons. The van der Waals surface area contributed by atoms with E-state index < -0.39 is 0 Å². The molecule has 0 saturated carbocycles. The van der Waals surface area contributed by atoms with Gasteiger partial charge in [-0.1, -0.05) is 0 Å². The van der Waals surface area contributed by atoms with Crippen LogP contribution in [0.3, 0.4) is 0 Å². The maximum absolute atomic E-state index is 11.7. The monoisotopic (exact) mass is 334 g/mol. The zero-order valence-electron chi connectivity index (χ0n) is 13.2. The molecule has 0 aliphatic rings. The molecule has 0 aliphatic carbocycles. The SMILES string of the molecule is COC(CN)CC(=O)NCCCc1nc(-c2ccncc2)cs1. The molecule has 3 N–H and O–H groups in total. The first-order chi connectivity index (χ1) is 11.2. The first kappa shape index (κ1) is 17.5. The molecule has 0 saturated heterocycles. The molecule has 0 fully saturated rings. The van der Waals surface area contributed by atoms with Crippen molar-refractivity contribution in [2.75, 3.05) is 20.2 Å². The highest BCUT2D eigenvalue weighted by molar-refractivity contribution is 7.09. The largest absolute Gasteiger partial charge is 0.380 e. The molecule has 0 spiro atoms. The standard InChI is InChI=1S/C16H22N4O2S/c1-22-13(10-17)9-15(21)19-6-2-3-16-20-14(11-23-16)12-4-7-18-8-5-12/h4-5,7-8,11,13H,2-3,6,9-10,17H2,1H3,(H,19,21). The average molecular weight is 334 g/mol. The Kier molecular flexibility index (Phi) is 7.12. The number of ether oxygens (including phenoxy) is 1. The van der Waals surface area contributed by atoms with Crippen LogP contribution in [-0.2, 0) is 16.0 Å². The molecule has 6 nitrogen and oxygen atoms in total. The molecule has 2 aromatic heterocycles. The van der Waals surface area contributed by atoms with Crippen LogP contribution in [0.5, 0.6) is 0 Å². The maximum atomic E-state index is 11.7. The van der Waals surface area contributed by atoms with Gasteiger partial charge in [0.05, 0.1) is 23.2 Å². The molecule has 7 heteroatoms. The number of nitrogens with zero attached hydrogens (tertiary/aromatic N) is 2. The van der Waals surface area contributed by atoms with Crippen molar-refractivity contribution in [3.8, 4) is 11.3 Å². The molecular weight excluding hydrogens is 312 g/mol. The summed E-state index contributed by atoms with van der Waals surface area (Å²) in [7, 11) is 1.56. The van der Waals surface area contributed by atoms with E-state index in [2.05, 4.69) is 15.3 Å². The van der Waals surface area contributed by atoms with Gasteiger partial charge in [-0.15, -0.1) is 11.3 Å². The fourth-order valence-corrected chi connectivity index (χ4v) is 2.94. The van der Waals surface area contributed by atoms with Gasteiger partial charge < -0.3 is 15.8 Å². The summed E-state index contributed by atoms with van der Waals surface area (Å²) in [6.45, 7) is 0.977. The van der Waals surface area contributed by atoms with E-state index in [1.165, 1.54) is 0 Å². The Bertz CT molecular complexity index is 599. The van der Waals surface area contributed by atoms with Crippen molar-refractivity contribution in [3.05, 3.63) is 34.9 Å². The number of methoxy groups -OCH3 is 1. The molecule has 1 atom stereocenters. The number of thiazole rings is 1. The number of aryl methyl sites for hydroxylation is 1. The molecule has 0 aliphatic heterocycles. The highest BCUT2D eigenvalue weighted by atomic mass is 32.1. The van der Waals surface area contributed by atoms with Crippen molar-refractivity contribution >= 4 is 17.2 Å². The smallest absolute Gasteiger partial charge is 0.222 e. The minimum Gasteiger partial charge on any atom is -0.380 e. The van der Waals surface area contributed by atoms with Gasteiger partial charge in [0, 0.05) is 50.0 Å². The lowest BCUT2D eigenvalue weighted by Crippen LogP contribution is -2.32. The van der Waals surface area contributed by atoms with Crippen LogP contribution in [0.25, 0.3) is 11.3 Å². The van der Waals surface area contributed by atoms with Gasteiger partial charge in [-0.2, -0.15) is 0 Å².